The minimum absolute atomic E-state index is 0.616. The predicted molar refractivity (Wildman–Crippen MR) is 123 cm³/mol. The highest BCUT2D eigenvalue weighted by atomic mass is 14.7. The van der Waals surface area contributed by atoms with Gasteiger partial charge in [-0.05, 0) is 84.9 Å². The second-order valence-electron chi connectivity index (χ2n) is 12.6. The Hall–Kier alpha value is 0. The molecule has 0 aromatic carbocycles. The van der Waals surface area contributed by atoms with E-state index in [0.29, 0.717) is 21.7 Å². The van der Waals surface area contributed by atoms with Crippen molar-refractivity contribution in [1.82, 2.24) is 0 Å². The molecule has 2 atom stereocenters. The minimum atomic E-state index is 0.616. The topological polar surface area (TPSA) is 0 Å². The third-order valence-electron chi connectivity index (χ3n) is 11.7. The first-order valence-corrected chi connectivity index (χ1v) is 13.4. The van der Waals surface area contributed by atoms with E-state index in [1.165, 1.54) is 89.9 Å². The predicted octanol–water partition coefficient (Wildman–Crippen LogP) is 9.32. The highest BCUT2D eigenvalue weighted by Crippen LogP contribution is 2.71. The molecule has 0 saturated heterocycles. The van der Waals surface area contributed by atoms with E-state index in [9.17, 15) is 0 Å². The highest BCUT2D eigenvalue weighted by molar-refractivity contribution is 5.12. The zero-order valence-corrected chi connectivity index (χ0v) is 19.9. The van der Waals surface area contributed by atoms with Crippen molar-refractivity contribution in [1.29, 1.82) is 0 Å². The van der Waals surface area contributed by atoms with Gasteiger partial charge >= 0.3 is 0 Å². The average molecular weight is 387 g/mol. The molecule has 0 N–H and O–H groups in total. The smallest absolute Gasteiger partial charge is 0.0207 e. The Bertz CT molecular complexity index is 456. The van der Waals surface area contributed by atoms with Crippen LogP contribution in [0.1, 0.15) is 143 Å². The van der Waals surface area contributed by atoms with Crippen molar-refractivity contribution < 1.29 is 0 Å². The van der Waals surface area contributed by atoms with E-state index in [1.54, 1.807) is 25.7 Å². The van der Waals surface area contributed by atoms with Crippen LogP contribution >= 0.6 is 0 Å². The maximum atomic E-state index is 2.76. The van der Waals surface area contributed by atoms with Crippen LogP contribution < -0.4 is 0 Å². The molecule has 4 aliphatic rings. The quantitative estimate of drug-likeness (QED) is 0.451. The number of hydrogen-bond donors (Lipinski definition) is 0. The second-order valence-corrected chi connectivity index (χ2v) is 12.6. The van der Waals surface area contributed by atoms with Crippen LogP contribution in [-0.2, 0) is 0 Å². The first kappa shape index (κ1) is 21.2. The fourth-order valence-electron chi connectivity index (χ4n) is 9.65. The van der Waals surface area contributed by atoms with Crippen LogP contribution in [0.15, 0.2) is 0 Å². The van der Waals surface area contributed by atoms with Crippen LogP contribution in [0.4, 0.5) is 0 Å². The van der Waals surface area contributed by atoms with Gasteiger partial charge in [0, 0.05) is 0 Å². The molecule has 4 aliphatic carbocycles. The normalized spacial score (nSPS) is 40.3. The minimum Gasteiger partial charge on any atom is -0.0614 e. The number of fused-ring (bicyclic) bond motifs is 1. The van der Waals surface area contributed by atoms with E-state index >= 15 is 0 Å². The lowest BCUT2D eigenvalue weighted by atomic mass is 9.37. The van der Waals surface area contributed by atoms with Gasteiger partial charge in [-0.1, -0.05) is 91.9 Å². The fourth-order valence-corrected chi connectivity index (χ4v) is 9.65. The molecule has 4 fully saturated rings. The molecule has 28 heavy (non-hydrogen) atoms. The van der Waals surface area contributed by atoms with Crippen molar-refractivity contribution in [2.75, 3.05) is 0 Å². The van der Waals surface area contributed by atoms with Crippen molar-refractivity contribution in [3.63, 3.8) is 0 Å². The summed E-state index contributed by atoms with van der Waals surface area (Å²) in [5.41, 5.74) is 2.53. The van der Waals surface area contributed by atoms with Gasteiger partial charge in [0.2, 0.25) is 0 Å². The lowest BCUT2D eigenvalue weighted by molar-refractivity contribution is -0.186. The van der Waals surface area contributed by atoms with Crippen LogP contribution in [0, 0.1) is 33.5 Å². The lowest BCUT2D eigenvalue weighted by Gasteiger charge is -2.68. The van der Waals surface area contributed by atoms with Crippen molar-refractivity contribution in [3.05, 3.63) is 0 Å². The SMILES string of the molecule is CC(C1(C)CCCCC1)C12CCCCC1(C(C)C1(C)CCCCC1)CCCC2. The Morgan fingerprint density at radius 3 is 0.929 bits per heavy atom. The molecule has 0 heteroatoms. The van der Waals surface area contributed by atoms with Gasteiger partial charge in [-0.25, -0.2) is 0 Å². The molecular formula is C28H50. The third kappa shape index (κ3) is 3.22. The molecule has 0 amide bonds. The van der Waals surface area contributed by atoms with Gasteiger partial charge < -0.3 is 0 Å². The van der Waals surface area contributed by atoms with Crippen LogP contribution in [0.3, 0.4) is 0 Å². The molecule has 0 aliphatic heterocycles. The Kier molecular flexibility index (Phi) is 6.01. The molecule has 0 spiro atoms. The lowest BCUT2D eigenvalue weighted by Crippen LogP contribution is -2.59. The second kappa shape index (κ2) is 7.92. The summed E-state index contributed by atoms with van der Waals surface area (Å²) in [6, 6.07) is 0. The van der Waals surface area contributed by atoms with E-state index in [4.69, 9.17) is 0 Å². The van der Waals surface area contributed by atoms with E-state index < -0.39 is 0 Å². The van der Waals surface area contributed by atoms with Gasteiger partial charge in [0.15, 0.2) is 0 Å². The summed E-state index contributed by atoms with van der Waals surface area (Å²) in [6.45, 7) is 10.9. The van der Waals surface area contributed by atoms with Crippen molar-refractivity contribution in [2.24, 2.45) is 33.5 Å². The van der Waals surface area contributed by atoms with Crippen molar-refractivity contribution in [3.8, 4) is 0 Å². The molecule has 4 rings (SSSR count). The van der Waals surface area contributed by atoms with Crippen LogP contribution in [0.5, 0.6) is 0 Å². The molecule has 0 bridgehead atoms. The summed E-state index contributed by atoms with van der Waals surface area (Å²) in [5, 5.41) is 0. The molecule has 2 unspecified atom stereocenters. The van der Waals surface area contributed by atoms with Gasteiger partial charge in [0.05, 0.1) is 0 Å². The third-order valence-corrected chi connectivity index (χ3v) is 11.7. The molecular weight excluding hydrogens is 336 g/mol. The van der Waals surface area contributed by atoms with Gasteiger partial charge in [0.25, 0.3) is 0 Å². The fraction of sp³-hybridized carbons (Fsp3) is 1.00. The molecule has 0 heterocycles. The Morgan fingerprint density at radius 1 is 0.393 bits per heavy atom. The summed E-state index contributed by atoms with van der Waals surface area (Å²) < 4.78 is 0. The standard InChI is InChI=1S/C28H50/c1-23(25(3)15-7-5-8-16-25)27-19-11-13-21-28(27,22-14-12-20-27)24(2)26(4)17-9-6-10-18-26/h23-24H,5-22H2,1-4H3. The van der Waals surface area contributed by atoms with Crippen LogP contribution in [0.2, 0.25) is 0 Å². The number of rotatable bonds is 4. The Morgan fingerprint density at radius 2 is 0.643 bits per heavy atom. The number of hydrogen-bond acceptors (Lipinski definition) is 0. The van der Waals surface area contributed by atoms with E-state index in [2.05, 4.69) is 27.7 Å². The van der Waals surface area contributed by atoms with Gasteiger partial charge in [-0.2, -0.15) is 0 Å². The molecule has 0 aromatic rings. The maximum Gasteiger partial charge on any atom is -0.0207 e. The molecule has 162 valence electrons. The summed E-state index contributed by atoms with van der Waals surface area (Å²) in [7, 11) is 0. The van der Waals surface area contributed by atoms with Crippen LogP contribution in [-0.4, -0.2) is 0 Å². The molecule has 0 nitrogen and oxygen atoms in total. The van der Waals surface area contributed by atoms with Crippen molar-refractivity contribution in [2.45, 2.75) is 143 Å². The van der Waals surface area contributed by atoms with E-state index in [-0.39, 0.29) is 0 Å². The highest BCUT2D eigenvalue weighted by Gasteiger charge is 2.63. The molecule has 4 saturated carbocycles. The summed E-state index contributed by atoms with van der Waals surface area (Å²) in [4.78, 5) is 0. The monoisotopic (exact) mass is 386 g/mol. The van der Waals surface area contributed by atoms with Gasteiger partial charge in [-0.15, -0.1) is 0 Å². The maximum absolute atomic E-state index is 2.76. The molecule has 0 aromatic heterocycles. The average Bonchev–Trinajstić information content (AvgIpc) is 2.73. The van der Waals surface area contributed by atoms with E-state index in [1.807, 2.05) is 0 Å². The summed E-state index contributed by atoms with van der Waals surface area (Å²) >= 11 is 0. The van der Waals surface area contributed by atoms with Crippen LogP contribution in [0.25, 0.3) is 0 Å². The largest absolute Gasteiger partial charge is 0.0614 e. The zero-order chi connectivity index (χ0) is 19.9. The van der Waals surface area contributed by atoms with Crippen molar-refractivity contribution >= 4 is 0 Å². The first-order chi connectivity index (χ1) is 13.4. The summed E-state index contributed by atoms with van der Waals surface area (Å²) in [6.07, 6.45) is 27.3. The van der Waals surface area contributed by atoms with Gasteiger partial charge in [-0.3, -0.25) is 0 Å². The summed E-state index contributed by atoms with van der Waals surface area (Å²) in [5.74, 6) is 1.85. The van der Waals surface area contributed by atoms with Gasteiger partial charge in [0.1, 0.15) is 0 Å². The van der Waals surface area contributed by atoms with E-state index in [0.717, 1.165) is 11.8 Å². The Balaban J connectivity index is 1.73. The molecule has 0 radical (unpaired) electrons. The Labute approximate surface area is 177 Å². The first-order valence-electron chi connectivity index (χ1n) is 13.4. The zero-order valence-electron chi connectivity index (χ0n) is 19.9.